The highest BCUT2D eigenvalue weighted by Gasteiger charge is 2.36. The zero-order valence-corrected chi connectivity index (χ0v) is 29.2. The summed E-state index contributed by atoms with van der Waals surface area (Å²) < 4.78 is 35.4. The van der Waals surface area contributed by atoms with Crippen LogP contribution in [0.5, 0.6) is 5.75 Å². The van der Waals surface area contributed by atoms with Gasteiger partial charge in [-0.05, 0) is 81.6 Å². The number of nitrogens with one attached hydrogen (secondary N) is 1. The predicted molar refractivity (Wildman–Crippen MR) is 187 cm³/mol. The molecule has 0 aliphatic carbocycles. The van der Waals surface area contributed by atoms with Crippen LogP contribution in [0.1, 0.15) is 43.0 Å². The standard InChI is InChI=1S/C37H42ClN3O5S/c1-26-16-19-30(20-17-26)47(44,45)41(32-22-27(2)18-21-34(32)46-6)25-35(42)40(24-29-14-10-11-15-31(29)38)33(36(43)39-37(3,4)5)23-28-12-8-7-9-13-28/h7-22,33H,23-25H2,1-6H3,(H,39,43)/t33-/m0/s1. The molecule has 0 aromatic heterocycles. The lowest BCUT2D eigenvalue weighted by atomic mass is 10.0. The van der Waals surface area contributed by atoms with E-state index in [1.54, 1.807) is 54.6 Å². The molecule has 0 aliphatic heterocycles. The highest BCUT2D eigenvalue weighted by atomic mass is 35.5. The van der Waals surface area contributed by atoms with Gasteiger partial charge in [0.2, 0.25) is 11.8 Å². The van der Waals surface area contributed by atoms with Crippen molar-refractivity contribution in [3.63, 3.8) is 0 Å². The van der Waals surface area contributed by atoms with Gasteiger partial charge in [-0.2, -0.15) is 0 Å². The predicted octanol–water partition coefficient (Wildman–Crippen LogP) is 6.72. The Bertz CT molecular complexity index is 1810. The van der Waals surface area contributed by atoms with Crippen molar-refractivity contribution in [3.8, 4) is 5.75 Å². The smallest absolute Gasteiger partial charge is 0.264 e. The fourth-order valence-electron chi connectivity index (χ4n) is 5.16. The Morgan fingerprint density at radius 1 is 0.872 bits per heavy atom. The van der Waals surface area contributed by atoms with Crippen LogP contribution in [0, 0.1) is 13.8 Å². The Morgan fingerprint density at radius 3 is 2.11 bits per heavy atom. The quantitative estimate of drug-likeness (QED) is 0.180. The van der Waals surface area contributed by atoms with Gasteiger partial charge in [0.1, 0.15) is 18.3 Å². The van der Waals surface area contributed by atoms with Crippen LogP contribution in [0.4, 0.5) is 5.69 Å². The number of methoxy groups -OCH3 is 1. The van der Waals surface area contributed by atoms with Gasteiger partial charge in [0.15, 0.2) is 0 Å². The van der Waals surface area contributed by atoms with Crippen molar-refractivity contribution >= 4 is 39.1 Å². The number of amides is 2. The number of benzene rings is 4. The molecular formula is C37H42ClN3O5S. The van der Waals surface area contributed by atoms with E-state index < -0.39 is 34.1 Å². The van der Waals surface area contributed by atoms with Gasteiger partial charge in [-0.3, -0.25) is 13.9 Å². The summed E-state index contributed by atoms with van der Waals surface area (Å²) in [5.74, 6) is -0.681. The van der Waals surface area contributed by atoms with Crippen LogP contribution < -0.4 is 14.4 Å². The minimum atomic E-state index is -4.28. The number of halogens is 1. The first-order chi connectivity index (χ1) is 22.2. The lowest BCUT2D eigenvalue weighted by Gasteiger charge is -2.35. The molecule has 0 spiro atoms. The molecule has 8 nitrogen and oxygen atoms in total. The molecule has 4 aromatic carbocycles. The van der Waals surface area contributed by atoms with E-state index in [0.29, 0.717) is 10.6 Å². The molecular weight excluding hydrogens is 634 g/mol. The fourth-order valence-corrected chi connectivity index (χ4v) is 6.77. The van der Waals surface area contributed by atoms with Crippen LogP contribution in [0.2, 0.25) is 5.02 Å². The molecule has 0 aliphatic rings. The normalized spacial score (nSPS) is 12.2. The van der Waals surface area contributed by atoms with E-state index in [1.165, 1.54) is 24.1 Å². The number of carbonyl (C=O) groups excluding carboxylic acids is 2. The summed E-state index contributed by atoms with van der Waals surface area (Å²) in [7, 11) is -2.84. The summed E-state index contributed by atoms with van der Waals surface area (Å²) in [5.41, 5.74) is 2.73. The van der Waals surface area contributed by atoms with Gasteiger partial charge in [-0.1, -0.05) is 83.9 Å². The maximum Gasteiger partial charge on any atom is 0.264 e. The number of sulfonamides is 1. The number of rotatable bonds is 12. The number of carbonyl (C=O) groups is 2. The maximum absolute atomic E-state index is 14.7. The van der Waals surface area contributed by atoms with Crippen LogP contribution in [0.3, 0.4) is 0 Å². The third-order valence-electron chi connectivity index (χ3n) is 7.56. The monoisotopic (exact) mass is 675 g/mol. The van der Waals surface area contributed by atoms with Gasteiger partial charge in [-0.15, -0.1) is 0 Å². The molecule has 4 rings (SSSR count). The van der Waals surface area contributed by atoms with Gasteiger partial charge in [-0.25, -0.2) is 8.42 Å². The van der Waals surface area contributed by atoms with E-state index in [4.69, 9.17) is 16.3 Å². The average molecular weight is 676 g/mol. The largest absolute Gasteiger partial charge is 0.495 e. The van der Waals surface area contributed by atoms with Crippen molar-refractivity contribution in [2.24, 2.45) is 0 Å². The second kappa shape index (κ2) is 15.0. The van der Waals surface area contributed by atoms with Gasteiger partial charge in [0.25, 0.3) is 10.0 Å². The highest BCUT2D eigenvalue weighted by molar-refractivity contribution is 7.92. The lowest BCUT2D eigenvalue weighted by Crippen LogP contribution is -2.56. The molecule has 0 unspecified atom stereocenters. The van der Waals surface area contributed by atoms with E-state index in [2.05, 4.69) is 5.32 Å². The third kappa shape index (κ3) is 9.14. The molecule has 2 amide bonds. The highest BCUT2D eigenvalue weighted by Crippen LogP contribution is 2.34. The van der Waals surface area contributed by atoms with Crippen molar-refractivity contribution in [1.82, 2.24) is 10.2 Å². The maximum atomic E-state index is 14.7. The average Bonchev–Trinajstić information content (AvgIpc) is 3.02. The Morgan fingerprint density at radius 2 is 1.49 bits per heavy atom. The Labute approximate surface area is 283 Å². The first-order valence-electron chi connectivity index (χ1n) is 15.3. The Hall–Kier alpha value is -4.34. The number of aryl methyl sites for hydroxylation is 2. The lowest BCUT2D eigenvalue weighted by molar-refractivity contribution is -0.140. The second-order valence-electron chi connectivity index (χ2n) is 12.6. The van der Waals surface area contributed by atoms with E-state index in [9.17, 15) is 18.0 Å². The zero-order chi connectivity index (χ0) is 34.4. The molecule has 0 saturated heterocycles. The summed E-state index contributed by atoms with van der Waals surface area (Å²) in [4.78, 5) is 30.2. The van der Waals surface area contributed by atoms with Gasteiger partial charge >= 0.3 is 0 Å². The first kappa shape index (κ1) is 35.5. The van der Waals surface area contributed by atoms with Crippen LogP contribution in [0.15, 0.2) is 102 Å². The van der Waals surface area contributed by atoms with E-state index in [0.717, 1.165) is 21.0 Å². The molecule has 0 heterocycles. The number of nitrogens with zero attached hydrogens (tertiary/aromatic N) is 2. The number of ether oxygens (including phenoxy) is 1. The molecule has 1 atom stereocenters. The van der Waals surface area contributed by atoms with Crippen molar-refractivity contribution in [3.05, 3.63) is 124 Å². The second-order valence-corrected chi connectivity index (χ2v) is 14.8. The van der Waals surface area contributed by atoms with Gasteiger partial charge < -0.3 is 15.0 Å². The van der Waals surface area contributed by atoms with Gasteiger partial charge in [0, 0.05) is 23.5 Å². The first-order valence-corrected chi connectivity index (χ1v) is 17.1. The third-order valence-corrected chi connectivity index (χ3v) is 9.70. The summed E-state index contributed by atoms with van der Waals surface area (Å²) in [6.07, 6.45) is 0.192. The molecule has 10 heteroatoms. The van der Waals surface area contributed by atoms with Gasteiger partial charge in [0.05, 0.1) is 17.7 Å². The van der Waals surface area contributed by atoms with Crippen LogP contribution in [0.25, 0.3) is 0 Å². The molecule has 248 valence electrons. The number of hydrogen-bond acceptors (Lipinski definition) is 5. The molecule has 0 radical (unpaired) electrons. The Balaban J connectivity index is 1.88. The van der Waals surface area contributed by atoms with Crippen LogP contribution in [-0.2, 0) is 32.6 Å². The fraction of sp³-hybridized carbons (Fsp3) is 0.297. The molecule has 0 fully saturated rings. The summed E-state index contributed by atoms with van der Waals surface area (Å²) >= 11 is 6.59. The zero-order valence-electron chi connectivity index (χ0n) is 27.7. The number of anilines is 1. The van der Waals surface area contributed by atoms with E-state index in [1.807, 2.05) is 65.0 Å². The molecule has 47 heavy (non-hydrogen) atoms. The topological polar surface area (TPSA) is 96.0 Å². The Kier molecular flexibility index (Phi) is 11.4. The summed E-state index contributed by atoms with van der Waals surface area (Å²) in [6, 6.07) is 27.1. The van der Waals surface area contributed by atoms with Crippen molar-refractivity contribution in [2.45, 2.75) is 64.1 Å². The molecule has 0 saturated carbocycles. The molecule has 0 bridgehead atoms. The summed E-state index contributed by atoms with van der Waals surface area (Å²) in [5, 5.41) is 3.45. The van der Waals surface area contributed by atoms with Crippen molar-refractivity contribution in [1.29, 1.82) is 0 Å². The van der Waals surface area contributed by atoms with E-state index >= 15 is 0 Å². The molecule has 1 N–H and O–H groups in total. The van der Waals surface area contributed by atoms with Crippen molar-refractivity contribution < 1.29 is 22.7 Å². The minimum absolute atomic E-state index is 0.0171. The molecule has 4 aromatic rings. The van der Waals surface area contributed by atoms with Crippen LogP contribution in [-0.4, -0.2) is 50.4 Å². The SMILES string of the molecule is COc1ccc(C)cc1N(CC(=O)N(Cc1ccccc1Cl)[C@@H](Cc1ccccc1)C(=O)NC(C)(C)C)S(=O)(=O)c1ccc(C)cc1. The number of hydrogen-bond donors (Lipinski definition) is 1. The van der Waals surface area contributed by atoms with Crippen molar-refractivity contribution in [2.75, 3.05) is 18.0 Å². The van der Waals surface area contributed by atoms with Crippen LogP contribution >= 0.6 is 11.6 Å². The summed E-state index contributed by atoms with van der Waals surface area (Å²) in [6.45, 7) is 8.66. The van der Waals surface area contributed by atoms with E-state index in [-0.39, 0.29) is 35.2 Å². The minimum Gasteiger partial charge on any atom is -0.495 e.